The van der Waals surface area contributed by atoms with Crippen molar-refractivity contribution in [3.63, 3.8) is 0 Å². The molecule has 4 nitrogen and oxygen atoms in total. The first-order chi connectivity index (χ1) is 12.8. The summed E-state index contributed by atoms with van der Waals surface area (Å²) >= 11 is 0. The molecule has 5 rings (SSSR count). The van der Waals surface area contributed by atoms with Crippen LogP contribution in [0.15, 0.2) is 29.5 Å². The molecule has 2 N–H and O–H groups in total. The van der Waals surface area contributed by atoms with Crippen LogP contribution in [-0.2, 0) is 23.1 Å². The molecule has 1 aromatic carbocycles. The second-order valence-corrected chi connectivity index (χ2v) is 8.23. The van der Waals surface area contributed by atoms with E-state index in [1.807, 2.05) is 12.1 Å². The van der Waals surface area contributed by atoms with Gasteiger partial charge in [0, 0.05) is 18.9 Å². The minimum atomic E-state index is -4.18. The molecule has 3 unspecified atom stereocenters. The Balaban J connectivity index is 1.62. The molecule has 2 spiro atoms. The largest absolute Gasteiger partial charge is 0.389 e. The first kappa shape index (κ1) is 17.1. The Morgan fingerprint density at radius 3 is 2.85 bits per heavy atom. The summed E-state index contributed by atoms with van der Waals surface area (Å²) in [5, 5.41) is 6.16. The monoisotopic (exact) mass is 378 g/mol. The minimum Gasteiger partial charge on any atom is -0.377 e. The number of urea groups is 1. The lowest BCUT2D eigenvalue weighted by Gasteiger charge is -2.42. The number of methoxy groups -OCH3 is 1. The maximum Gasteiger partial charge on any atom is 0.389 e. The van der Waals surface area contributed by atoms with Gasteiger partial charge in [-0.05, 0) is 54.4 Å². The number of halogens is 3. The summed E-state index contributed by atoms with van der Waals surface area (Å²) in [6.45, 7) is 0. The molecule has 144 valence electrons. The van der Waals surface area contributed by atoms with Crippen molar-refractivity contribution in [1.29, 1.82) is 0 Å². The number of benzene rings is 1. The summed E-state index contributed by atoms with van der Waals surface area (Å²) in [6, 6.07) is 5.39. The number of fused-ring (bicyclic) bond motifs is 2. The van der Waals surface area contributed by atoms with Gasteiger partial charge in [0.2, 0.25) is 0 Å². The van der Waals surface area contributed by atoms with Gasteiger partial charge in [-0.2, -0.15) is 13.2 Å². The molecule has 2 amide bonds. The summed E-state index contributed by atoms with van der Waals surface area (Å²) in [5.74, 6) is 0. The molecule has 2 fully saturated rings. The number of alkyl halides is 3. The van der Waals surface area contributed by atoms with Crippen LogP contribution in [0.5, 0.6) is 0 Å². The predicted octanol–water partition coefficient (Wildman–Crippen LogP) is 3.70. The highest BCUT2D eigenvalue weighted by Crippen LogP contribution is 2.67. The molecule has 2 bridgehead atoms. The van der Waals surface area contributed by atoms with E-state index >= 15 is 0 Å². The average Bonchev–Trinajstić information content (AvgIpc) is 3.15. The second-order valence-electron chi connectivity index (χ2n) is 8.23. The number of nitrogens with one attached hydrogen (secondary N) is 2. The fourth-order valence-corrected chi connectivity index (χ4v) is 5.87. The molecule has 1 aliphatic heterocycles. The Hall–Kier alpha value is -2.02. The third-order valence-corrected chi connectivity index (χ3v) is 6.92. The Labute approximate surface area is 155 Å². The van der Waals surface area contributed by atoms with Crippen molar-refractivity contribution in [3.05, 3.63) is 46.2 Å². The third kappa shape index (κ3) is 2.18. The lowest BCUT2D eigenvalue weighted by atomic mass is 9.66. The molecule has 0 radical (unpaired) electrons. The number of aryl methyl sites for hydroxylation is 1. The van der Waals surface area contributed by atoms with E-state index in [4.69, 9.17) is 4.74 Å². The summed E-state index contributed by atoms with van der Waals surface area (Å²) in [7, 11) is 1.68. The smallest absolute Gasteiger partial charge is 0.377 e. The van der Waals surface area contributed by atoms with E-state index in [1.54, 1.807) is 13.2 Å². The van der Waals surface area contributed by atoms with E-state index in [1.165, 1.54) is 0 Å². The quantitative estimate of drug-likeness (QED) is 0.843. The number of ether oxygens (including phenoxy) is 1. The van der Waals surface area contributed by atoms with Gasteiger partial charge in [-0.25, -0.2) is 4.79 Å². The summed E-state index contributed by atoms with van der Waals surface area (Å²) < 4.78 is 43.6. The van der Waals surface area contributed by atoms with E-state index in [2.05, 4.69) is 10.6 Å². The molecule has 1 saturated heterocycles. The molecule has 4 aliphatic rings. The van der Waals surface area contributed by atoms with Gasteiger partial charge in [0.25, 0.3) is 0 Å². The van der Waals surface area contributed by atoms with Gasteiger partial charge in [-0.15, -0.1) is 0 Å². The van der Waals surface area contributed by atoms with Gasteiger partial charge in [0.1, 0.15) is 5.54 Å². The number of amides is 2. The molecule has 27 heavy (non-hydrogen) atoms. The van der Waals surface area contributed by atoms with Crippen molar-refractivity contribution in [3.8, 4) is 0 Å². The third-order valence-electron chi connectivity index (χ3n) is 6.92. The maximum absolute atomic E-state index is 12.7. The van der Waals surface area contributed by atoms with Gasteiger partial charge in [-0.3, -0.25) is 0 Å². The van der Waals surface area contributed by atoms with Crippen LogP contribution in [-0.4, -0.2) is 25.4 Å². The fraction of sp³-hybridized carbons (Fsp3) is 0.550. The molecule has 1 aromatic rings. The Kier molecular flexibility index (Phi) is 3.34. The Bertz CT molecular complexity index is 878. The molecule has 7 heteroatoms. The normalized spacial score (nSPS) is 33.5. The van der Waals surface area contributed by atoms with E-state index in [0.717, 1.165) is 48.1 Å². The van der Waals surface area contributed by atoms with E-state index in [-0.39, 0.29) is 24.0 Å². The Morgan fingerprint density at radius 1 is 1.30 bits per heavy atom. The zero-order valence-corrected chi connectivity index (χ0v) is 15.0. The summed E-state index contributed by atoms with van der Waals surface area (Å²) in [5.41, 5.74) is 3.97. The van der Waals surface area contributed by atoms with Gasteiger partial charge in [-0.1, -0.05) is 18.2 Å². The molecule has 3 aliphatic carbocycles. The van der Waals surface area contributed by atoms with Crippen LogP contribution in [0.2, 0.25) is 0 Å². The second kappa shape index (κ2) is 5.28. The van der Waals surface area contributed by atoms with Crippen molar-refractivity contribution >= 4 is 6.03 Å². The zero-order valence-electron chi connectivity index (χ0n) is 15.0. The predicted molar refractivity (Wildman–Crippen MR) is 92.0 cm³/mol. The fourth-order valence-electron chi connectivity index (χ4n) is 5.87. The lowest BCUT2D eigenvalue weighted by molar-refractivity contribution is -0.134. The lowest BCUT2D eigenvalue weighted by Crippen LogP contribution is -2.49. The van der Waals surface area contributed by atoms with Crippen molar-refractivity contribution in [2.75, 3.05) is 7.11 Å². The molecular weight excluding hydrogens is 357 g/mol. The standard InChI is InChI=1S/C20H21F3N2O2/c1-27-15-5-6-18-9-12-3-2-11(4-7-19(21,22)23)8-14(12)20(18)16(13(15)10-18)24-17(26)25-20/h2-3,8,15H,4-7,9-10H2,1H3,(H2,24,25,26). The van der Waals surface area contributed by atoms with Crippen molar-refractivity contribution < 1.29 is 22.7 Å². The molecule has 1 heterocycles. The first-order valence-electron chi connectivity index (χ1n) is 9.32. The number of carbonyl (C=O) groups excluding carboxylic acids is 1. The highest BCUT2D eigenvalue weighted by Gasteiger charge is 2.69. The van der Waals surface area contributed by atoms with Crippen LogP contribution in [0.3, 0.4) is 0 Å². The molecule has 0 aromatic heterocycles. The Morgan fingerprint density at radius 2 is 2.11 bits per heavy atom. The van der Waals surface area contributed by atoms with Crippen LogP contribution in [0.25, 0.3) is 0 Å². The van der Waals surface area contributed by atoms with Gasteiger partial charge < -0.3 is 15.4 Å². The van der Waals surface area contributed by atoms with Crippen molar-refractivity contribution in [2.45, 2.75) is 56.3 Å². The SMILES string of the molecule is COC1CCC23CC1=C1NC(=O)NC12c1cc(CCC(F)(F)F)ccc1C3. The zero-order chi connectivity index (χ0) is 19.0. The molecular formula is C20H21F3N2O2. The van der Waals surface area contributed by atoms with Gasteiger partial charge >= 0.3 is 12.2 Å². The topological polar surface area (TPSA) is 50.4 Å². The summed E-state index contributed by atoms with van der Waals surface area (Å²) in [6.07, 6.45) is -1.60. The minimum absolute atomic E-state index is 0.00911. The van der Waals surface area contributed by atoms with E-state index in [0.29, 0.717) is 5.56 Å². The van der Waals surface area contributed by atoms with Crippen molar-refractivity contribution in [2.24, 2.45) is 5.41 Å². The van der Waals surface area contributed by atoms with Crippen molar-refractivity contribution in [1.82, 2.24) is 10.6 Å². The van der Waals surface area contributed by atoms with Crippen LogP contribution < -0.4 is 10.6 Å². The van der Waals surface area contributed by atoms with Crippen LogP contribution in [0.1, 0.15) is 42.4 Å². The first-order valence-corrected chi connectivity index (χ1v) is 9.32. The summed E-state index contributed by atoms with van der Waals surface area (Å²) in [4.78, 5) is 12.3. The molecule has 1 saturated carbocycles. The number of carbonyl (C=O) groups is 1. The van der Waals surface area contributed by atoms with E-state index < -0.39 is 18.1 Å². The number of hydrogen-bond donors (Lipinski definition) is 2. The van der Waals surface area contributed by atoms with Crippen LogP contribution >= 0.6 is 0 Å². The highest BCUT2D eigenvalue weighted by molar-refractivity contribution is 5.85. The number of rotatable bonds is 3. The van der Waals surface area contributed by atoms with Gasteiger partial charge in [0.15, 0.2) is 0 Å². The van der Waals surface area contributed by atoms with Crippen LogP contribution in [0, 0.1) is 5.41 Å². The van der Waals surface area contributed by atoms with Gasteiger partial charge in [0.05, 0.1) is 11.8 Å². The highest BCUT2D eigenvalue weighted by atomic mass is 19.4. The van der Waals surface area contributed by atoms with E-state index in [9.17, 15) is 18.0 Å². The average molecular weight is 378 g/mol. The maximum atomic E-state index is 12.7. The number of hydrogen-bond acceptors (Lipinski definition) is 2. The molecule has 3 atom stereocenters. The van der Waals surface area contributed by atoms with Crippen LogP contribution in [0.4, 0.5) is 18.0 Å².